The zero-order valence-corrected chi connectivity index (χ0v) is 25.3. The van der Waals surface area contributed by atoms with Crippen molar-refractivity contribution in [3.63, 3.8) is 0 Å². The molecule has 1 unspecified atom stereocenters. The second-order valence-corrected chi connectivity index (χ2v) is 13.1. The average Bonchev–Trinajstić information content (AvgIpc) is 3.56. The summed E-state index contributed by atoms with van der Waals surface area (Å²) in [6.07, 6.45) is 1.82. The molecule has 3 aliphatic rings. The molecule has 4 aromatic rings. The van der Waals surface area contributed by atoms with Gasteiger partial charge in [-0.1, -0.05) is 17.7 Å². The van der Waals surface area contributed by atoms with E-state index in [-0.39, 0.29) is 66.1 Å². The number of nitrogens with zero attached hydrogens (tertiary/aromatic N) is 5. The number of halogens is 3. The molecule has 3 fully saturated rings. The number of nitrogens with one attached hydrogen (secondary N) is 1. The highest BCUT2D eigenvalue weighted by Gasteiger charge is 2.43. The molecule has 2 aromatic heterocycles. The molecule has 0 bridgehead atoms. The zero-order chi connectivity index (χ0) is 30.0. The maximum Gasteiger partial charge on any atom is 0.319 e. The molecular weight excluding hydrogens is 596 g/mol. The van der Waals surface area contributed by atoms with Gasteiger partial charge in [-0.2, -0.15) is 15.2 Å². The van der Waals surface area contributed by atoms with Gasteiger partial charge < -0.3 is 25.4 Å². The number of likely N-dealkylation sites (tertiary alicyclic amines) is 1. The van der Waals surface area contributed by atoms with Crippen molar-refractivity contribution in [2.45, 2.75) is 37.5 Å². The van der Waals surface area contributed by atoms with Gasteiger partial charge in [0.1, 0.15) is 39.9 Å². The molecule has 0 saturated carbocycles. The van der Waals surface area contributed by atoms with Crippen LogP contribution in [0.15, 0.2) is 18.2 Å². The number of thiophene rings is 1. The van der Waals surface area contributed by atoms with Crippen molar-refractivity contribution < 1.29 is 18.3 Å². The van der Waals surface area contributed by atoms with Crippen molar-refractivity contribution in [3.8, 4) is 23.2 Å². The van der Waals surface area contributed by atoms with Crippen LogP contribution in [0.25, 0.3) is 32.1 Å². The van der Waals surface area contributed by atoms with Crippen LogP contribution in [-0.4, -0.2) is 79.0 Å². The molecule has 13 heteroatoms. The van der Waals surface area contributed by atoms with Crippen LogP contribution < -0.4 is 20.7 Å². The first-order valence-corrected chi connectivity index (χ1v) is 15.5. The summed E-state index contributed by atoms with van der Waals surface area (Å²) >= 11 is 7.77. The first kappa shape index (κ1) is 28.4. The summed E-state index contributed by atoms with van der Waals surface area (Å²) in [7, 11) is 2.06. The van der Waals surface area contributed by atoms with Crippen LogP contribution in [0, 0.1) is 23.0 Å². The monoisotopic (exact) mass is 625 g/mol. The molecule has 2 atom stereocenters. The van der Waals surface area contributed by atoms with E-state index in [1.165, 1.54) is 12.1 Å². The van der Waals surface area contributed by atoms with Crippen LogP contribution in [0.1, 0.15) is 25.3 Å². The molecule has 1 spiro atoms. The van der Waals surface area contributed by atoms with Crippen molar-refractivity contribution in [1.29, 1.82) is 5.26 Å². The number of benzene rings is 2. The predicted molar refractivity (Wildman–Crippen MR) is 164 cm³/mol. The Hall–Kier alpha value is -3.34. The number of morpholine rings is 1. The van der Waals surface area contributed by atoms with Crippen molar-refractivity contribution in [2.24, 2.45) is 0 Å². The summed E-state index contributed by atoms with van der Waals surface area (Å²) in [5, 5.41) is 14.0. The SMILES string of the molecule is C[C@H](Oc1nc(N2CCOC3(CNC3)C2)c2cc(Cl)c(-c3ccc(F)c4sc(N)c(C#N)c34)c(F)c2n1)C1CCCN1C. The lowest BCUT2D eigenvalue weighted by Crippen LogP contribution is -2.69. The maximum absolute atomic E-state index is 16.8. The van der Waals surface area contributed by atoms with Gasteiger partial charge in [-0.05, 0) is 51.1 Å². The molecule has 0 radical (unpaired) electrons. The Bertz CT molecular complexity index is 1810. The second kappa shape index (κ2) is 10.7. The lowest BCUT2D eigenvalue weighted by molar-refractivity contribution is -0.0883. The Labute approximate surface area is 256 Å². The molecule has 5 heterocycles. The third-order valence-corrected chi connectivity index (χ3v) is 10.2. The van der Waals surface area contributed by atoms with Gasteiger partial charge in [0.15, 0.2) is 5.82 Å². The lowest BCUT2D eigenvalue weighted by Gasteiger charge is -2.49. The van der Waals surface area contributed by atoms with Gasteiger partial charge in [-0.3, -0.25) is 4.90 Å². The smallest absolute Gasteiger partial charge is 0.319 e. The van der Waals surface area contributed by atoms with Crippen molar-refractivity contribution in [3.05, 3.63) is 40.4 Å². The van der Waals surface area contributed by atoms with Crippen LogP contribution in [0.5, 0.6) is 6.01 Å². The van der Waals surface area contributed by atoms with Gasteiger partial charge in [0.05, 0.1) is 28.4 Å². The number of aromatic nitrogens is 2. The van der Waals surface area contributed by atoms with E-state index in [1.54, 1.807) is 6.07 Å². The first-order valence-electron chi connectivity index (χ1n) is 14.3. The van der Waals surface area contributed by atoms with Crippen LogP contribution >= 0.6 is 22.9 Å². The number of nitrogen functional groups attached to an aromatic ring is 1. The minimum atomic E-state index is -0.712. The van der Waals surface area contributed by atoms with E-state index in [1.807, 2.05) is 13.0 Å². The van der Waals surface area contributed by atoms with Crippen LogP contribution in [0.3, 0.4) is 0 Å². The zero-order valence-electron chi connectivity index (χ0n) is 23.7. The molecule has 0 amide bonds. The Morgan fingerprint density at radius 2 is 2.12 bits per heavy atom. The Morgan fingerprint density at radius 1 is 1.30 bits per heavy atom. The van der Waals surface area contributed by atoms with Gasteiger partial charge in [0.2, 0.25) is 0 Å². The summed E-state index contributed by atoms with van der Waals surface area (Å²) in [6, 6.07) is 6.59. The van der Waals surface area contributed by atoms with E-state index in [0.29, 0.717) is 44.0 Å². The molecule has 3 N–H and O–H groups in total. The summed E-state index contributed by atoms with van der Waals surface area (Å²) < 4.78 is 44.2. The Morgan fingerprint density at radius 3 is 2.81 bits per heavy atom. The molecule has 2 aromatic carbocycles. The molecular formula is C30H30ClF2N7O2S. The fourth-order valence-corrected chi connectivity index (χ4v) is 7.87. The minimum Gasteiger partial charge on any atom is -0.459 e. The number of nitriles is 1. The largest absolute Gasteiger partial charge is 0.459 e. The summed E-state index contributed by atoms with van der Waals surface area (Å²) in [5.74, 6) is -0.751. The fourth-order valence-electron chi connectivity index (χ4n) is 6.63. The average molecular weight is 626 g/mol. The number of rotatable bonds is 5. The van der Waals surface area contributed by atoms with Crippen LogP contribution in [-0.2, 0) is 4.74 Å². The molecule has 224 valence electrons. The number of ether oxygens (including phenoxy) is 2. The van der Waals surface area contributed by atoms with E-state index in [9.17, 15) is 9.65 Å². The summed E-state index contributed by atoms with van der Waals surface area (Å²) in [6.45, 7) is 5.99. The molecule has 43 heavy (non-hydrogen) atoms. The second-order valence-electron chi connectivity index (χ2n) is 11.6. The number of fused-ring (bicyclic) bond motifs is 2. The highest BCUT2D eigenvalue weighted by Crippen LogP contribution is 2.46. The quantitative estimate of drug-likeness (QED) is 0.319. The van der Waals surface area contributed by atoms with Crippen molar-refractivity contribution in [2.75, 3.05) is 57.0 Å². The standard InChI is InChI=1S/C30H30ClF2N7O2S/c1-15(21-4-3-7-39(21)2)42-29-37-25-17(28(38-29)40-8-9-41-30(14-40)12-36-13-30)10-19(31)23(24(25)33)16-5-6-20(32)26-22(16)18(11-34)27(35)43-26/h5-6,10,15,21,36H,3-4,7-9,12-14,35H2,1-2H3/t15-,21?/m0/s1. The van der Waals surface area contributed by atoms with Gasteiger partial charge >= 0.3 is 6.01 Å². The third kappa shape index (κ3) is 4.65. The Balaban J connectivity index is 1.42. The molecule has 9 nitrogen and oxygen atoms in total. The summed E-state index contributed by atoms with van der Waals surface area (Å²) in [4.78, 5) is 13.7. The van der Waals surface area contributed by atoms with E-state index >= 15 is 4.39 Å². The van der Waals surface area contributed by atoms with Gasteiger partial charge in [0.25, 0.3) is 0 Å². The van der Waals surface area contributed by atoms with Crippen molar-refractivity contribution >= 4 is 54.7 Å². The predicted octanol–water partition coefficient (Wildman–Crippen LogP) is 4.94. The molecule has 7 rings (SSSR count). The lowest BCUT2D eigenvalue weighted by atomic mass is 9.94. The van der Waals surface area contributed by atoms with Crippen molar-refractivity contribution in [1.82, 2.24) is 20.2 Å². The third-order valence-electron chi connectivity index (χ3n) is 8.89. The number of likely N-dealkylation sites (N-methyl/N-ethyl adjacent to an activating group) is 1. The number of nitrogens with two attached hydrogens (primary N) is 1. The Kier molecular flexibility index (Phi) is 7.06. The van der Waals surface area contributed by atoms with Gasteiger partial charge in [0, 0.05) is 42.0 Å². The number of hydrogen-bond donors (Lipinski definition) is 2. The maximum atomic E-state index is 16.8. The molecule has 0 aliphatic carbocycles. The van der Waals surface area contributed by atoms with Crippen LogP contribution in [0.4, 0.5) is 19.6 Å². The fraction of sp³-hybridized carbons (Fsp3) is 0.433. The van der Waals surface area contributed by atoms with Gasteiger partial charge in [-0.25, -0.2) is 8.78 Å². The highest BCUT2D eigenvalue weighted by molar-refractivity contribution is 7.23. The van der Waals surface area contributed by atoms with Crippen LogP contribution in [0.2, 0.25) is 5.02 Å². The normalized spacial score (nSPS) is 20.9. The highest BCUT2D eigenvalue weighted by atomic mass is 35.5. The number of anilines is 2. The topological polar surface area (TPSA) is 113 Å². The van der Waals surface area contributed by atoms with E-state index in [2.05, 4.69) is 27.1 Å². The van der Waals surface area contributed by atoms with Gasteiger partial charge in [-0.15, -0.1) is 11.3 Å². The molecule has 3 aliphatic heterocycles. The minimum absolute atomic E-state index is 0.00859. The number of hydrogen-bond acceptors (Lipinski definition) is 10. The van der Waals surface area contributed by atoms with E-state index < -0.39 is 11.6 Å². The van der Waals surface area contributed by atoms with E-state index in [0.717, 1.165) is 30.7 Å². The van der Waals surface area contributed by atoms with E-state index in [4.69, 9.17) is 31.8 Å². The molecule has 3 saturated heterocycles. The first-order chi connectivity index (χ1) is 20.7. The summed E-state index contributed by atoms with van der Waals surface area (Å²) in [5.41, 5.74) is 6.10.